The number of rotatable bonds is 5. The number of halogens is 1. The van der Waals surface area contributed by atoms with Gasteiger partial charge in [-0.2, -0.15) is 4.31 Å². The smallest absolute Gasteiger partial charge is 0.253 e. The van der Waals surface area contributed by atoms with Gasteiger partial charge in [-0.3, -0.25) is 9.59 Å². The maximum atomic E-state index is 12.6. The summed E-state index contributed by atoms with van der Waals surface area (Å²) in [5, 5.41) is -0.304. The van der Waals surface area contributed by atoms with Gasteiger partial charge < -0.3 is 10.6 Å². The Labute approximate surface area is 146 Å². The van der Waals surface area contributed by atoms with Crippen LogP contribution in [-0.2, 0) is 14.8 Å². The Balaban J connectivity index is 2.14. The number of nitrogens with zero attached hydrogens (tertiary/aromatic N) is 2. The monoisotopic (exact) mass is 373 g/mol. The van der Waals surface area contributed by atoms with Gasteiger partial charge in [-0.25, -0.2) is 8.42 Å². The van der Waals surface area contributed by atoms with Crippen LogP contribution < -0.4 is 5.73 Å². The molecular weight excluding hydrogens is 354 g/mol. The van der Waals surface area contributed by atoms with Crippen molar-refractivity contribution in [2.75, 3.05) is 26.7 Å². The number of benzene rings is 1. The average molecular weight is 374 g/mol. The topological polar surface area (TPSA) is 101 Å². The van der Waals surface area contributed by atoms with Gasteiger partial charge in [-0.15, -0.1) is 0 Å². The van der Waals surface area contributed by atoms with E-state index in [1.54, 1.807) is 24.3 Å². The summed E-state index contributed by atoms with van der Waals surface area (Å²) in [6, 6.07) is 6.54. The molecule has 2 amide bonds. The lowest BCUT2D eigenvalue weighted by Crippen LogP contribution is -2.50. The van der Waals surface area contributed by atoms with Crippen LogP contribution in [0, 0.1) is 0 Å². The van der Waals surface area contributed by atoms with Crippen LogP contribution in [0.5, 0.6) is 0 Å². The number of hydrogen-bond donors (Lipinski definition) is 1. The van der Waals surface area contributed by atoms with E-state index in [-0.39, 0.29) is 19.0 Å². The molecule has 0 unspecified atom stereocenters. The summed E-state index contributed by atoms with van der Waals surface area (Å²) in [7, 11) is -2.38. The molecule has 132 valence electrons. The van der Waals surface area contributed by atoms with E-state index in [1.807, 2.05) is 0 Å². The number of likely N-dealkylation sites (tertiary alicyclic amines) is 1. The van der Waals surface area contributed by atoms with Crippen molar-refractivity contribution < 1.29 is 18.0 Å². The van der Waals surface area contributed by atoms with Crippen LogP contribution in [0.1, 0.15) is 23.2 Å². The fourth-order valence-corrected chi connectivity index (χ4v) is 4.57. The predicted octanol–water partition coefficient (Wildman–Crippen LogP) is 0.692. The Bertz CT molecular complexity index is 738. The van der Waals surface area contributed by atoms with E-state index in [1.165, 1.54) is 11.9 Å². The average Bonchev–Trinajstić information content (AvgIpc) is 2.53. The van der Waals surface area contributed by atoms with Crippen LogP contribution in [0.15, 0.2) is 24.3 Å². The number of hydrogen-bond acceptors (Lipinski definition) is 4. The van der Waals surface area contributed by atoms with Crippen molar-refractivity contribution in [3.63, 3.8) is 0 Å². The third-order valence-corrected chi connectivity index (χ3v) is 6.43. The highest BCUT2D eigenvalue weighted by molar-refractivity contribution is 7.89. The van der Waals surface area contributed by atoms with Crippen LogP contribution in [0.25, 0.3) is 0 Å². The highest BCUT2D eigenvalue weighted by Crippen LogP contribution is 2.22. The lowest BCUT2D eigenvalue weighted by atomic mass is 10.1. The Morgan fingerprint density at radius 2 is 2.12 bits per heavy atom. The minimum atomic E-state index is -3.70. The second-order valence-electron chi connectivity index (χ2n) is 5.79. The van der Waals surface area contributed by atoms with E-state index in [9.17, 15) is 18.0 Å². The quantitative estimate of drug-likeness (QED) is 0.820. The first kappa shape index (κ1) is 18.7. The van der Waals surface area contributed by atoms with E-state index in [4.69, 9.17) is 17.3 Å². The van der Waals surface area contributed by atoms with E-state index < -0.39 is 21.2 Å². The summed E-state index contributed by atoms with van der Waals surface area (Å²) in [4.78, 5) is 25.0. The fourth-order valence-electron chi connectivity index (χ4n) is 2.73. The molecule has 0 radical (unpaired) electrons. The summed E-state index contributed by atoms with van der Waals surface area (Å²) in [6.45, 7) is 0.189. The predicted molar refractivity (Wildman–Crippen MR) is 91.1 cm³/mol. The third kappa shape index (κ3) is 4.25. The standard InChI is InChI=1S/C15H20ClN3O4S/c1-18(10-14(17)20)24(22,23)13-6-3-7-19(9-13)15(21)11-4-2-5-12(16)8-11/h2,4-5,8,13H,3,6-7,9-10H2,1H3,(H2,17,20)/t13-/m1/s1. The molecule has 7 nitrogen and oxygen atoms in total. The maximum absolute atomic E-state index is 12.6. The van der Waals surface area contributed by atoms with Crippen LogP contribution >= 0.6 is 11.6 Å². The summed E-state index contributed by atoms with van der Waals surface area (Å²) in [5.74, 6) is -0.973. The second-order valence-corrected chi connectivity index (χ2v) is 8.55. The van der Waals surface area contributed by atoms with Gasteiger partial charge in [0.15, 0.2) is 0 Å². The van der Waals surface area contributed by atoms with E-state index in [2.05, 4.69) is 0 Å². The first-order chi connectivity index (χ1) is 11.2. The zero-order valence-corrected chi connectivity index (χ0v) is 14.9. The lowest BCUT2D eigenvalue weighted by Gasteiger charge is -2.34. The fraction of sp³-hybridized carbons (Fsp3) is 0.467. The maximum Gasteiger partial charge on any atom is 0.253 e. The lowest BCUT2D eigenvalue weighted by molar-refractivity contribution is -0.118. The first-order valence-corrected chi connectivity index (χ1v) is 9.38. The van der Waals surface area contributed by atoms with Gasteiger partial charge in [0.25, 0.3) is 5.91 Å². The molecule has 0 aromatic heterocycles. The number of sulfonamides is 1. The van der Waals surface area contributed by atoms with E-state index in [0.29, 0.717) is 30.0 Å². The zero-order chi connectivity index (χ0) is 17.9. The van der Waals surface area contributed by atoms with Crippen molar-refractivity contribution in [1.82, 2.24) is 9.21 Å². The van der Waals surface area contributed by atoms with E-state index in [0.717, 1.165) is 4.31 Å². The highest BCUT2D eigenvalue weighted by Gasteiger charge is 2.35. The van der Waals surface area contributed by atoms with Gasteiger partial charge in [-0.05, 0) is 31.0 Å². The zero-order valence-electron chi connectivity index (χ0n) is 13.3. The highest BCUT2D eigenvalue weighted by atomic mass is 35.5. The molecule has 1 aliphatic heterocycles. The first-order valence-electron chi connectivity index (χ1n) is 7.50. The van der Waals surface area contributed by atoms with Crippen LogP contribution in [0.4, 0.5) is 0 Å². The molecule has 24 heavy (non-hydrogen) atoms. The van der Waals surface area contributed by atoms with E-state index >= 15 is 0 Å². The van der Waals surface area contributed by atoms with Crippen molar-refractivity contribution in [3.05, 3.63) is 34.9 Å². The summed E-state index contributed by atoms with van der Waals surface area (Å²) in [6.07, 6.45) is 1.01. The molecule has 1 atom stereocenters. The van der Waals surface area contributed by atoms with Crippen molar-refractivity contribution in [2.45, 2.75) is 18.1 Å². The van der Waals surface area contributed by atoms with Crippen LogP contribution in [-0.4, -0.2) is 61.4 Å². The number of carbonyl (C=O) groups excluding carboxylic acids is 2. The van der Waals surface area contributed by atoms with Gasteiger partial charge in [-0.1, -0.05) is 17.7 Å². The summed E-state index contributed by atoms with van der Waals surface area (Å²) >= 11 is 5.90. The molecule has 9 heteroatoms. The normalized spacial score (nSPS) is 18.6. The van der Waals surface area contributed by atoms with Gasteiger partial charge in [0.05, 0.1) is 11.8 Å². The molecule has 0 saturated carbocycles. The Morgan fingerprint density at radius 3 is 2.75 bits per heavy atom. The van der Waals surface area contributed by atoms with Crippen molar-refractivity contribution in [1.29, 1.82) is 0 Å². The number of nitrogens with two attached hydrogens (primary N) is 1. The molecule has 2 rings (SSSR count). The minimum absolute atomic E-state index is 0.0801. The molecule has 1 fully saturated rings. The Hall–Kier alpha value is -1.64. The van der Waals surface area contributed by atoms with Crippen LogP contribution in [0.3, 0.4) is 0 Å². The van der Waals surface area contributed by atoms with Crippen LogP contribution in [0.2, 0.25) is 5.02 Å². The van der Waals surface area contributed by atoms with Crippen molar-refractivity contribution >= 4 is 33.4 Å². The molecule has 1 saturated heterocycles. The Morgan fingerprint density at radius 1 is 1.42 bits per heavy atom. The molecule has 1 heterocycles. The second kappa shape index (κ2) is 7.50. The molecule has 2 N–H and O–H groups in total. The Kier molecular flexibility index (Phi) is 5.84. The van der Waals surface area contributed by atoms with Gasteiger partial charge >= 0.3 is 0 Å². The summed E-state index contributed by atoms with van der Waals surface area (Å²) < 4.78 is 26.0. The minimum Gasteiger partial charge on any atom is -0.369 e. The van der Waals surface area contributed by atoms with Gasteiger partial charge in [0.1, 0.15) is 0 Å². The number of primary amides is 1. The molecule has 1 aliphatic rings. The third-order valence-electron chi connectivity index (χ3n) is 3.97. The largest absolute Gasteiger partial charge is 0.369 e. The number of carbonyl (C=O) groups is 2. The molecule has 0 spiro atoms. The molecular formula is C15H20ClN3O4S. The molecule has 0 bridgehead atoms. The number of amides is 2. The van der Waals surface area contributed by atoms with Crippen molar-refractivity contribution in [2.24, 2.45) is 5.73 Å². The molecule has 0 aliphatic carbocycles. The molecule has 1 aromatic carbocycles. The van der Waals surface area contributed by atoms with Crippen molar-refractivity contribution in [3.8, 4) is 0 Å². The van der Waals surface area contributed by atoms with Gasteiger partial charge in [0.2, 0.25) is 15.9 Å². The summed E-state index contributed by atoms with van der Waals surface area (Å²) in [5.41, 5.74) is 5.49. The molecule has 1 aromatic rings. The number of piperidine rings is 1. The van der Waals surface area contributed by atoms with Gasteiger partial charge in [0, 0.05) is 30.7 Å². The SMILES string of the molecule is CN(CC(N)=O)S(=O)(=O)[C@@H]1CCCN(C(=O)c2cccc(Cl)c2)C1. The number of likely N-dealkylation sites (N-methyl/N-ethyl adjacent to an activating group) is 1.